The van der Waals surface area contributed by atoms with E-state index in [1.807, 2.05) is 59.0 Å². The standard InChI is InChI=1S/C68H82F3N9O15S/c1-39-45(43-19-20-50(75-52(43)58(85)86)78-25-22-41-13-10-14-44(46(41)30-78)57(84)76-62-74-47-15-8-9-16-49(47)96-62)29-73-79(39)38-66-33-64(2)32-65(3,34-66)36-67(35-64,37-66)92-27-26-77(4)63(90)91-31-42-18-17-40(28-48(42)93-60-55(83)53(81)54(82)56(95-60)59(87)88)12-11-23-72-24-21-51(80(5,6)7)94-61(89)68(69,70)71/h8-10,13-20,28-29,51,53-56,60,72,81-83H,11-12,21-27,30-38H2,1-7H3,(H2-,74,76,84,85,86,87,88)/p+1/t51?,53-,54-,55+,56-,60+,64?,65?,66?,67?/m0/s1. The number of aliphatic carboxylic acids is 1. The number of thiazole rings is 1. The molecule has 28 heteroatoms. The number of carbonyl (C=O) groups excluding carboxylic acids is 3. The number of ether oxygens (including phenoxy) is 5. The number of quaternary nitrogens is 1. The van der Waals surface area contributed by atoms with Crippen LogP contribution in [0.2, 0.25) is 0 Å². The zero-order valence-corrected chi connectivity index (χ0v) is 55.5. The topological polar surface area (TPSA) is 307 Å². The molecule has 8 atom stereocenters. The first-order chi connectivity index (χ1) is 45.3. The van der Waals surface area contributed by atoms with Gasteiger partial charge in [0.05, 0.1) is 56.2 Å². The second-order valence-corrected chi connectivity index (χ2v) is 29.4. The van der Waals surface area contributed by atoms with E-state index in [9.17, 15) is 62.7 Å². The van der Waals surface area contributed by atoms with E-state index in [0.717, 1.165) is 65.6 Å². The van der Waals surface area contributed by atoms with Crippen LogP contribution in [0.1, 0.15) is 114 Å². The minimum absolute atomic E-state index is 0.0191. The number of amides is 2. The number of nitrogens with zero attached hydrogens (tertiary/aromatic N) is 7. The van der Waals surface area contributed by atoms with Crippen molar-refractivity contribution in [3.63, 3.8) is 0 Å². The number of likely N-dealkylation sites (N-methyl/N-ethyl adjacent to an activating group) is 1. The van der Waals surface area contributed by atoms with Crippen LogP contribution in [0, 0.1) is 23.2 Å². The van der Waals surface area contributed by atoms with Gasteiger partial charge in [0.15, 0.2) is 16.9 Å². The fraction of sp³-hybridized carbons (Fsp3) is 0.529. The lowest BCUT2D eigenvalue weighted by molar-refractivity contribution is -0.917. The quantitative estimate of drug-likeness (QED) is 0.0123. The molecule has 6 aliphatic rings. The maximum atomic E-state index is 13.8. The molecule has 2 aliphatic heterocycles. The highest BCUT2D eigenvalue weighted by Gasteiger charge is 2.66. The van der Waals surface area contributed by atoms with Crippen molar-refractivity contribution in [1.29, 1.82) is 0 Å². The molecule has 96 heavy (non-hydrogen) atoms. The molecule has 2 amide bonds. The summed E-state index contributed by atoms with van der Waals surface area (Å²) in [5.41, 5.74) is 5.11. The molecule has 4 aliphatic carbocycles. The Kier molecular flexibility index (Phi) is 19.7. The predicted molar refractivity (Wildman–Crippen MR) is 345 cm³/mol. The van der Waals surface area contributed by atoms with Crippen molar-refractivity contribution >= 4 is 62.4 Å². The minimum atomic E-state index is -5.13. The van der Waals surface area contributed by atoms with E-state index in [1.165, 1.54) is 16.2 Å². The number of nitrogens with one attached hydrogen (secondary N) is 2. The van der Waals surface area contributed by atoms with Crippen molar-refractivity contribution in [2.75, 3.05) is 71.2 Å². The second kappa shape index (κ2) is 27.2. The van der Waals surface area contributed by atoms with E-state index in [-0.39, 0.29) is 76.4 Å². The molecular weight excluding hydrogens is 1270 g/mol. The van der Waals surface area contributed by atoms with Crippen LogP contribution in [-0.2, 0) is 61.1 Å². The summed E-state index contributed by atoms with van der Waals surface area (Å²) in [6, 6.07) is 21.9. The summed E-state index contributed by atoms with van der Waals surface area (Å²) in [7, 11) is 6.42. The van der Waals surface area contributed by atoms with Gasteiger partial charge in [0.2, 0.25) is 12.5 Å². The summed E-state index contributed by atoms with van der Waals surface area (Å²) < 4.78 is 70.9. The minimum Gasteiger partial charge on any atom is -0.479 e. The number of hydrogen-bond donors (Lipinski definition) is 7. The smallest absolute Gasteiger partial charge is 0.479 e. The summed E-state index contributed by atoms with van der Waals surface area (Å²) in [6.45, 7) is 8.73. The van der Waals surface area contributed by atoms with Crippen molar-refractivity contribution in [3.8, 4) is 16.9 Å². The molecule has 24 nitrogen and oxygen atoms in total. The highest BCUT2D eigenvalue weighted by Crippen LogP contribution is 2.72. The Hall–Kier alpha value is -7.83. The van der Waals surface area contributed by atoms with Crippen molar-refractivity contribution in [1.82, 2.24) is 30.0 Å². The first-order valence-corrected chi connectivity index (χ1v) is 33.0. The lowest BCUT2D eigenvalue weighted by atomic mass is 9.39. The Morgan fingerprint density at radius 2 is 1.64 bits per heavy atom. The molecule has 5 heterocycles. The van der Waals surface area contributed by atoms with Crippen LogP contribution >= 0.6 is 11.3 Å². The van der Waals surface area contributed by atoms with Gasteiger partial charge >= 0.3 is 30.2 Å². The summed E-state index contributed by atoms with van der Waals surface area (Å²) in [6.07, 6.45) is -7.78. The number of rotatable bonds is 25. The third-order valence-corrected chi connectivity index (χ3v) is 20.3. The monoisotopic (exact) mass is 1350 g/mol. The molecule has 3 aromatic carbocycles. The maximum Gasteiger partial charge on any atom is 0.491 e. The normalized spacial score (nSPS) is 25.7. The van der Waals surface area contributed by atoms with Crippen LogP contribution in [0.25, 0.3) is 21.3 Å². The van der Waals surface area contributed by atoms with Gasteiger partial charge in [-0.15, -0.1) is 0 Å². The number of anilines is 2. The molecule has 6 aromatic rings. The van der Waals surface area contributed by atoms with E-state index in [1.54, 1.807) is 64.7 Å². The van der Waals surface area contributed by atoms with Crippen LogP contribution in [-0.4, -0.2) is 194 Å². The summed E-state index contributed by atoms with van der Waals surface area (Å²) in [5, 5.41) is 63.8. The number of hydrogen-bond acceptors (Lipinski definition) is 19. The Balaban J connectivity index is 0.719. The molecule has 4 saturated carbocycles. The van der Waals surface area contributed by atoms with Crippen LogP contribution in [0.4, 0.5) is 28.9 Å². The molecule has 12 rings (SSSR count). The Bertz CT molecular complexity index is 3860. The number of aliphatic hydroxyl groups is 3. The molecule has 7 N–H and O–H groups in total. The number of alkyl halides is 3. The molecular formula is C68H83F3N9O15S+. The molecule has 0 radical (unpaired) electrons. The number of esters is 1. The fourth-order valence-corrected chi connectivity index (χ4v) is 16.8. The predicted octanol–water partition coefficient (Wildman–Crippen LogP) is 8.10. The third kappa shape index (κ3) is 15.1. The number of halogens is 3. The Morgan fingerprint density at radius 3 is 2.34 bits per heavy atom. The van der Waals surface area contributed by atoms with Crippen molar-refractivity contribution in [2.45, 2.75) is 153 Å². The van der Waals surface area contributed by atoms with Crippen LogP contribution in [0.15, 0.2) is 79.0 Å². The van der Waals surface area contributed by atoms with Gasteiger partial charge in [-0.3, -0.25) is 19.3 Å². The van der Waals surface area contributed by atoms with E-state index < -0.39 is 72.7 Å². The SMILES string of the molecule is Cc1c(-c2ccc(N3CCc4cccc(C(=O)Nc5nc6ccccc6s5)c4C3)nc2C(=O)O)cnn1CC12CC3(C)CC(C)(C1)CC(OCCN(C)C(=O)OCc1ccc(CCCNCCC(OC(=O)C(F)(F)F)[N+](C)(C)C)cc1O[C@@H]1O[C@H](C(=O)O)[C@@H](O)[C@H](O)[C@H]1O)(C3)C2. The molecule has 5 fully saturated rings. The fourth-order valence-electron chi connectivity index (χ4n) is 16.0. The zero-order chi connectivity index (χ0) is 68.9. The third-order valence-electron chi connectivity index (χ3n) is 19.4. The second-order valence-electron chi connectivity index (χ2n) is 28.3. The number of aromatic nitrogens is 4. The van der Waals surface area contributed by atoms with Gasteiger partial charge in [0, 0.05) is 67.7 Å². The molecule has 3 unspecified atom stereocenters. The maximum absolute atomic E-state index is 13.8. The first kappa shape index (κ1) is 69.5. The van der Waals surface area contributed by atoms with E-state index in [2.05, 4.69) is 29.5 Å². The van der Waals surface area contributed by atoms with Crippen molar-refractivity contribution in [2.24, 2.45) is 16.2 Å². The summed E-state index contributed by atoms with van der Waals surface area (Å²) in [4.78, 5) is 77.1. The van der Waals surface area contributed by atoms with E-state index in [4.69, 9.17) is 33.8 Å². The van der Waals surface area contributed by atoms with Gasteiger partial charge in [0.1, 0.15) is 36.5 Å². The molecule has 0 spiro atoms. The zero-order valence-electron chi connectivity index (χ0n) is 54.7. The lowest BCUT2D eigenvalue weighted by Crippen LogP contribution is -2.64. The van der Waals surface area contributed by atoms with Gasteiger partial charge in [-0.25, -0.2) is 29.1 Å². The summed E-state index contributed by atoms with van der Waals surface area (Å²) in [5.74, 6) is -4.84. The number of aliphatic hydroxyl groups excluding tert-OH is 3. The highest BCUT2D eigenvalue weighted by atomic mass is 32.1. The van der Waals surface area contributed by atoms with Crippen molar-refractivity contribution in [3.05, 3.63) is 118 Å². The molecule has 1 saturated heterocycles. The van der Waals surface area contributed by atoms with Crippen LogP contribution < -0.4 is 20.3 Å². The average molecular weight is 1360 g/mol. The van der Waals surface area contributed by atoms with Crippen LogP contribution in [0.5, 0.6) is 5.75 Å². The van der Waals surface area contributed by atoms with Gasteiger partial charge in [-0.1, -0.05) is 61.6 Å². The number of pyridine rings is 1. The van der Waals surface area contributed by atoms with Gasteiger partial charge in [0.25, 0.3) is 5.91 Å². The Morgan fingerprint density at radius 1 is 0.885 bits per heavy atom. The van der Waals surface area contributed by atoms with Crippen molar-refractivity contribution < 1.29 is 90.8 Å². The van der Waals surface area contributed by atoms with E-state index >= 15 is 0 Å². The molecule has 516 valence electrons. The average Bonchev–Trinajstić information content (AvgIpc) is 0.712. The number of aryl methyl sites for hydroxylation is 1. The number of fused-ring (bicyclic) bond motifs is 2. The largest absolute Gasteiger partial charge is 0.491 e. The highest BCUT2D eigenvalue weighted by molar-refractivity contribution is 7.22. The number of carboxylic acid groups (broad SMARTS) is 2. The number of benzene rings is 3. The summed E-state index contributed by atoms with van der Waals surface area (Å²) >= 11 is 1.40. The lowest BCUT2D eigenvalue weighted by Gasteiger charge is -2.69. The number of carboxylic acids is 2. The Labute approximate surface area is 556 Å². The number of para-hydroxylation sites is 1. The number of aromatic carboxylic acids is 1. The van der Waals surface area contributed by atoms with E-state index in [0.29, 0.717) is 78.6 Å². The first-order valence-electron chi connectivity index (χ1n) is 32.1. The van der Waals surface area contributed by atoms with Gasteiger partial charge in [-0.05, 0) is 141 Å². The van der Waals surface area contributed by atoms with Gasteiger partial charge in [-0.2, -0.15) is 18.3 Å². The van der Waals surface area contributed by atoms with Crippen LogP contribution in [0.3, 0.4) is 0 Å². The molecule has 4 bridgehead atoms. The van der Waals surface area contributed by atoms with Gasteiger partial charge < -0.3 is 64.3 Å². The number of carbonyl (C=O) groups is 5. The molecule has 3 aromatic heterocycles.